The molecule has 160 valence electrons. The van der Waals surface area contributed by atoms with Crippen molar-refractivity contribution >= 4 is 28.7 Å². The number of hydrogen-bond donors (Lipinski definition) is 3. The number of aromatic nitrogens is 1. The maximum atomic E-state index is 12.7. The fourth-order valence-corrected chi connectivity index (χ4v) is 4.64. The zero-order chi connectivity index (χ0) is 21.1. The molecule has 1 aromatic carbocycles. The first-order chi connectivity index (χ1) is 14.5. The minimum Gasteiger partial charge on any atom is -0.361 e. The van der Waals surface area contributed by atoms with Gasteiger partial charge in [0.15, 0.2) is 0 Å². The van der Waals surface area contributed by atoms with Gasteiger partial charge in [0.2, 0.25) is 5.91 Å². The molecule has 0 spiro atoms. The SMILES string of the molecule is C[C@@H]1CCCC[C@H]1NC(=O)CC[C@@H]1NC(=O)N(CCc2c[nH]c3ccccc23)C1=O. The number of urea groups is 1. The van der Waals surface area contributed by atoms with E-state index >= 15 is 0 Å². The van der Waals surface area contributed by atoms with Crippen LogP contribution in [0.15, 0.2) is 30.5 Å². The molecule has 30 heavy (non-hydrogen) atoms. The molecular weight excluding hydrogens is 380 g/mol. The summed E-state index contributed by atoms with van der Waals surface area (Å²) in [4.78, 5) is 41.8. The van der Waals surface area contributed by atoms with E-state index in [4.69, 9.17) is 0 Å². The molecule has 7 heteroatoms. The van der Waals surface area contributed by atoms with Gasteiger partial charge in [-0.3, -0.25) is 14.5 Å². The van der Waals surface area contributed by atoms with E-state index in [0.717, 1.165) is 35.7 Å². The van der Waals surface area contributed by atoms with E-state index in [-0.39, 0.29) is 30.3 Å². The Morgan fingerprint density at radius 3 is 2.83 bits per heavy atom. The van der Waals surface area contributed by atoms with Crippen molar-refractivity contribution in [2.45, 2.75) is 64.0 Å². The molecule has 0 unspecified atom stereocenters. The summed E-state index contributed by atoms with van der Waals surface area (Å²) < 4.78 is 0. The molecule has 3 atom stereocenters. The number of hydrogen-bond acceptors (Lipinski definition) is 3. The van der Waals surface area contributed by atoms with Crippen LogP contribution in [-0.4, -0.2) is 46.4 Å². The molecule has 2 fully saturated rings. The molecule has 0 bridgehead atoms. The number of rotatable bonds is 7. The predicted molar refractivity (Wildman–Crippen MR) is 115 cm³/mol. The number of para-hydroxylation sites is 1. The van der Waals surface area contributed by atoms with Crippen LogP contribution < -0.4 is 10.6 Å². The number of nitrogens with one attached hydrogen (secondary N) is 3. The third kappa shape index (κ3) is 4.35. The maximum absolute atomic E-state index is 12.7. The molecule has 1 aliphatic heterocycles. The van der Waals surface area contributed by atoms with E-state index in [2.05, 4.69) is 22.5 Å². The Kier molecular flexibility index (Phi) is 6.06. The lowest BCUT2D eigenvalue weighted by Gasteiger charge is -2.29. The van der Waals surface area contributed by atoms with Gasteiger partial charge in [-0.05, 0) is 43.2 Å². The summed E-state index contributed by atoms with van der Waals surface area (Å²) in [5.74, 6) is 0.224. The summed E-state index contributed by atoms with van der Waals surface area (Å²) in [7, 11) is 0. The lowest BCUT2D eigenvalue weighted by molar-refractivity contribution is -0.127. The van der Waals surface area contributed by atoms with Gasteiger partial charge < -0.3 is 15.6 Å². The Morgan fingerprint density at radius 2 is 2.00 bits per heavy atom. The Bertz CT molecular complexity index is 937. The zero-order valence-corrected chi connectivity index (χ0v) is 17.4. The topological polar surface area (TPSA) is 94.3 Å². The summed E-state index contributed by atoms with van der Waals surface area (Å²) in [6.45, 7) is 2.51. The first-order valence-corrected chi connectivity index (χ1v) is 11.0. The zero-order valence-electron chi connectivity index (χ0n) is 17.4. The maximum Gasteiger partial charge on any atom is 0.324 e. The van der Waals surface area contributed by atoms with Gasteiger partial charge in [0, 0.05) is 36.1 Å². The Morgan fingerprint density at radius 1 is 1.20 bits per heavy atom. The van der Waals surface area contributed by atoms with E-state index in [1.807, 2.05) is 30.5 Å². The fourth-order valence-electron chi connectivity index (χ4n) is 4.64. The molecule has 7 nitrogen and oxygen atoms in total. The van der Waals surface area contributed by atoms with Gasteiger partial charge in [0.05, 0.1) is 0 Å². The van der Waals surface area contributed by atoms with Crippen LogP contribution in [0.25, 0.3) is 10.9 Å². The van der Waals surface area contributed by atoms with Gasteiger partial charge in [0.1, 0.15) is 6.04 Å². The van der Waals surface area contributed by atoms with Crippen molar-refractivity contribution in [3.63, 3.8) is 0 Å². The highest BCUT2D eigenvalue weighted by Crippen LogP contribution is 2.24. The Hall–Kier alpha value is -2.83. The lowest BCUT2D eigenvalue weighted by Crippen LogP contribution is -2.41. The average molecular weight is 411 g/mol. The third-order valence-corrected chi connectivity index (χ3v) is 6.50. The van der Waals surface area contributed by atoms with Crippen molar-refractivity contribution in [2.75, 3.05) is 6.54 Å². The molecule has 2 aromatic rings. The molecule has 2 heterocycles. The second-order valence-electron chi connectivity index (χ2n) is 8.58. The molecule has 1 aliphatic carbocycles. The summed E-state index contributed by atoms with van der Waals surface area (Å²) in [5.41, 5.74) is 2.12. The van der Waals surface area contributed by atoms with Crippen LogP contribution in [0.2, 0.25) is 0 Å². The highest BCUT2D eigenvalue weighted by Gasteiger charge is 2.37. The van der Waals surface area contributed by atoms with E-state index < -0.39 is 6.04 Å². The number of carbonyl (C=O) groups is 3. The van der Waals surface area contributed by atoms with Gasteiger partial charge in [0.25, 0.3) is 5.91 Å². The molecule has 1 saturated heterocycles. The van der Waals surface area contributed by atoms with Crippen molar-refractivity contribution in [2.24, 2.45) is 5.92 Å². The highest BCUT2D eigenvalue weighted by molar-refractivity contribution is 6.04. The number of carbonyl (C=O) groups excluding carboxylic acids is 3. The Balaban J connectivity index is 1.27. The average Bonchev–Trinajstić information content (AvgIpc) is 3.27. The second-order valence-corrected chi connectivity index (χ2v) is 8.58. The van der Waals surface area contributed by atoms with E-state index in [1.54, 1.807) is 0 Å². The third-order valence-electron chi connectivity index (χ3n) is 6.50. The van der Waals surface area contributed by atoms with Crippen molar-refractivity contribution in [3.8, 4) is 0 Å². The largest absolute Gasteiger partial charge is 0.361 e. The smallest absolute Gasteiger partial charge is 0.324 e. The van der Waals surface area contributed by atoms with Crippen LogP contribution in [0.5, 0.6) is 0 Å². The fraction of sp³-hybridized carbons (Fsp3) is 0.522. The van der Waals surface area contributed by atoms with Crippen LogP contribution in [0.4, 0.5) is 4.79 Å². The highest BCUT2D eigenvalue weighted by atomic mass is 16.2. The number of amides is 4. The van der Waals surface area contributed by atoms with Crippen molar-refractivity contribution in [1.29, 1.82) is 0 Å². The summed E-state index contributed by atoms with van der Waals surface area (Å²) in [6, 6.07) is 7.22. The van der Waals surface area contributed by atoms with E-state index in [1.165, 1.54) is 11.3 Å². The molecule has 1 saturated carbocycles. The summed E-state index contributed by atoms with van der Waals surface area (Å²) in [5, 5.41) is 6.96. The first kappa shape index (κ1) is 20.4. The van der Waals surface area contributed by atoms with Gasteiger partial charge in [-0.25, -0.2) is 4.79 Å². The van der Waals surface area contributed by atoms with Crippen LogP contribution in [-0.2, 0) is 16.0 Å². The van der Waals surface area contributed by atoms with Gasteiger partial charge in [-0.15, -0.1) is 0 Å². The van der Waals surface area contributed by atoms with Crippen molar-refractivity contribution in [3.05, 3.63) is 36.0 Å². The number of imide groups is 1. The predicted octanol–water partition coefficient (Wildman–Crippen LogP) is 3.11. The number of H-pyrrole nitrogens is 1. The Labute approximate surface area is 176 Å². The van der Waals surface area contributed by atoms with Crippen molar-refractivity contribution < 1.29 is 14.4 Å². The van der Waals surface area contributed by atoms with Gasteiger partial charge in [-0.1, -0.05) is 38.0 Å². The number of nitrogens with zero attached hydrogens (tertiary/aromatic N) is 1. The molecule has 1 aromatic heterocycles. The normalized spacial score (nSPS) is 24.3. The molecule has 4 rings (SSSR count). The van der Waals surface area contributed by atoms with Crippen LogP contribution in [0.1, 0.15) is 51.0 Å². The van der Waals surface area contributed by atoms with Crippen LogP contribution in [0, 0.1) is 5.92 Å². The quantitative estimate of drug-likeness (QED) is 0.612. The first-order valence-electron chi connectivity index (χ1n) is 11.0. The number of fused-ring (bicyclic) bond motifs is 1. The molecule has 2 aliphatic rings. The minimum absolute atomic E-state index is 0.0342. The molecule has 3 N–H and O–H groups in total. The van der Waals surface area contributed by atoms with E-state index in [9.17, 15) is 14.4 Å². The van der Waals surface area contributed by atoms with Crippen molar-refractivity contribution in [1.82, 2.24) is 20.5 Å². The number of benzene rings is 1. The van der Waals surface area contributed by atoms with Gasteiger partial charge >= 0.3 is 6.03 Å². The van der Waals surface area contributed by atoms with Gasteiger partial charge in [-0.2, -0.15) is 0 Å². The second kappa shape index (κ2) is 8.90. The van der Waals surface area contributed by atoms with Crippen LogP contribution in [0.3, 0.4) is 0 Å². The standard InChI is InChI=1S/C23H30N4O3/c1-15-6-2-4-8-18(15)25-21(28)11-10-20-22(29)27(23(30)26-20)13-12-16-14-24-19-9-5-3-7-17(16)19/h3,5,7,9,14-15,18,20,24H,2,4,6,8,10-13H2,1H3,(H,25,28)(H,26,30)/t15-,18-,20+/m1/s1. The molecule has 4 amide bonds. The van der Waals surface area contributed by atoms with E-state index in [0.29, 0.717) is 25.3 Å². The minimum atomic E-state index is -0.616. The molecular formula is C23H30N4O3. The lowest BCUT2D eigenvalue weighted by atomic mass is 9.86. The summed E-state index contributed by atoms with van der Waals surface area (Å²) >= 11 is 0. The monoisotopic (exact) mass is 410 g/mol. The van der Waals surface area contributed by atoms with Crippen LogP contribution >= 0.6 is 0 Å². The summed E-state index contributed by atoms with van der Waals surface area (Å²) in [6.07, 6.45) is 7.65. The number of aromatic amines is 1. The molecule has 0 radical (unpaired) electrons.